The molecule has 19 heavy (non-hydrogen) atoms. The summed E-state index contributed by atoms with van der Waals surface area (Å²) in [5.41, 5.74) is -0.478. The Balaban J connectivity index is 1.97. The number of likely N-dealkylation sites (N-methyl/N-ethyl adjacent to an activating group) is 1. The Morgan fingerprint density at radius 1 is 1.32 bits per heavy atom. The van der Waals surface area contributed by atoms with Gasteiger partial charge in [-0.3, -0.25) is 4.79 Å². The van der Waals surface area contributed by atoms with Crippen molar-refractivity contribution in [1.82, 2.24) is 9.80 Å². The highest BCUT2D eigenvalue weighted by molar-refractivity contribution is 5.75. The summed E-state index contributed by atoms with van der Waals surface area (Å²) in [6.45, 7) is 5.06. The van der Waals surface area contributed by atoms with Crippen molar-refractivity contribution < 1.29 is 9.90 Å². The summed E-state index contributed by atoms with van der Waals surface area (Å²) >= 11 is 0. The van der Waals surface area contributed by atoms with Crippen LogP contribution in [0.5, 0.6) is 0 Å². The highest BCUT2D eigenvalue weighted by atomic mass is 16.4. The molecule has 4 heteroatoms. The van der Waals surface area contributed by atoms with E-state index in [0.717, 1.165) is 45.3 Å². The maximum atomic E-state index is 11.7. The number of carboxylic acid groups (broad SMARTS) is 1. The lowest BCUT2D eigenvalue weighted by Gasteiger charge is -2.38. The van der Waals surface area contributed by atoms with E-state index in [1.165, 1.54) is 6.42 Å². The zero-order chi connectivity index (χ0) is 14.0. The molecule has 0 spiro atoms. The second kappa shape index (κ2) is 5.80. The molecule has 2 fully saturated rings. The molecule has 1 saturated heterocycles. The third-order valence-electron chi connectivity index (χ3n) is 5.19. The van der Waals surface area contributed by atoms with Gasteiger partial charge in [0.2, 0.25) is 0 Å². The van der Waals surface area contributed by atoms with Gasteiger partial charge in [-0.25, -0.2) is 0 Å². The van der Waals surface area contributed by atoms with Crippen LogP contribution >= 0.6 is 0 Å². The number of rotatable bonds is 4. The van der Waals surface area contributed by atoms with Crippen molar-refractivity contribution in [1.29, 1.82) is 0 Å². The Kier molecular flexibility index (Phi) is 4.51. The first-order valence-corrected chi connectivity index (χ1v) is 7.55. The van der Waals surface area contributed by atoms with Crippen LogP contribution in [0, 0.1) is 11.3 Å². The minimum absolute atomic E-state index is 0.478. The van der Waals surface area contributed by atoms with Crippen molar-refractivity contribution in [2.75, 3.05) is 33.7 Å². The third-order valence-corrected chi connectivity index (χ3v) is 5.19. The summed E-state index contributed by atoms with van der Waals surface area (Å²) in [7, 11) is 4.23. The highest BCUT2D eigenvalue weighted by Crippen LogP contribution is 2.40. The number of hydrogen-bond donors (Lipinski definition) is 1. The van der Waals surface area contributed by atoms with E-state index in [-0.39, 0.29) is 0 Å². The van der Waals surface area contributed by atoms with Gasteiger partial charge in [0.15, 0.2) is 0 Å². The smallest absolute Gasteiger partial charge is 0.310 e. The Labute approximate surface area is 116 Å². The van der Waals surface area contributed by atoms with E-state index in [9.17, 15) is 9.90 Å². The molecule has 2 aliphatic rings. The minimum atomic E-state index is -0.576. The fourth-order valence-corrected chi connectivity index (χ4v) is 3.56. The summed E-state index contributed by atoms with van der Waals surface area (Å²) in [6, 6.07) is 0.591. The largest absolute Gasteiger partial charge is 0.481 e. The lowest BCUT2D eigenvalue weighted by Crippen LogP contribution is -2.45. The van der Waals surface area contributed by atoms with E-state index in [1.54, 1.807) is 0 Å². The maximum Gasteiger partial charge on any atom is 0.310 e. The molecule has 0 aromatic rings. The average molecular weight is 268 g/mol. The van der Waals surface area contributed by atoms with Crippen molar-refractivity contribution in [3.8, 4) is 0 Å². The van der Waals surface area contributed by atoms with Crippen LogP contribution in [0.3, 0.4) is 0 Å². The lowest BCUT2D eigenvalue weighted by atomic mass is 9.70. The Hall–Kier alpha value is -0.610. The van der Waals surface area contributed by atoms with Crippen LogP contribution in [-0.2, 0) is 4.79 Å². The lowest BCUT2D eigenvalue weighted by molar-refractivity contribution is -0.153. The molecule has 0 amide bonds. The monoisotopic (exact) mass is 268 g/mol. The summed E-state index contributed by atoms with van der Waals surface area (Å²) in [5, 5.41) is 9.67. The van der Waals surface area contributed by atoms with Gasteiger partial charge in [0.25, 0.3) is 0 Å². The third kappa shape index (κ3) is 3.29. The molecule has 1 heterocycles. The van der Waals surface area contributed by atoms with Crippen LogP contribution in [0.1, 0.15) is 39.0 Å². The fraction of sp³-hybridized carbons (Fsp3) is 0.933. The fourth-order valence-electron chi connectivity index (χ4n) is 3.56. The first kappa shape index (κ1) is 14.8. The highest BCUT2D eigenvalue weighted by Gasteiger charge is 2.43. The van der Waals surface area contributed by atoms with Gasteiger partial charge in [-0.2, -0.15) is 0 Å². The molecule has 1 N–H and O–H groups in total. The van der Waals surface area contributed by atoms with Crippen LogP contribution < -0.4 is 0 Å². The maximum absolute atomic E-state index is 11.7. The van der Waals surface area contributed by atoms with Crippen LogP contribution in [0.25, 0.3) is 0 Å². The standard InChI is InChI=1S/C15H28N2O2/c1-12-4-7-15(8-5-12,14(18)19)11-17-9-6-13(10-17)16(2)3/h12-13H,4-11H2,1-3H3,(H,18,19). The van der Waals surface area contributed by atoms with E-state index in [0.29, 0.717) is 12.0 Å². The van der Waals surface area contributed by atoms with E-state index in [1.807, 2.05) is 0 Å². The number of likely N-dealkylation sites (tertiary alicyclic amines) is 1. The predicted octanol–water partition coefficient (Wildman–Crippen LogP) is 1.90. The van der Waals surface area contributed by atoms with Crippen molar-refractivity contribution in [2.24, 2.45) is 11.3 Å². The zero-order valence-corrected chi connectivity index (χ0v) is 12.6. The Morgan fingerprint density at radius 3 is 2.42 bits per heavy atom. The molecule has 1 saturated carbocycles. The summed E-state index contributed by atoms with van der Waals surface area (Å²) in [4.78, 5) is 16.4. The second-order valence-electron chi connectivity index (χ2n) is 6.91. The number of carboxylic acids is 1. The summed E-state index contributed by atoms with van der Waals surface area (Å²) in [6.07, 6.45) is 5.01. The van der Waals surface area contributed by atoms with Gasteiger partial charge in [0.05, 0.1) is 5.41 Å². The number of carbonyl (C=O) groups is 1. The van der Waals surface area contributed by atoms with Gasteiger partial charge in [-0.05, 0) is 58.7 Å². The van der Waals surface area contributed by atoms with Gasteiger partial charge in [-0.15, -0.1) is 0 Å². The van der Waals surface area contributed by atoms with Crippen molar-refractivity contribution in [3.05, 3.63) is 0 Å². The van der Waals surface area contributed by atoms with Crippen molar-refractivity contribution in [3.63, 3.8) is 0 Å². The number of hydrogen-bond acceptors (Lipinski definition) is 3. The molecule has 2 rings (SSSR count). The molecule has 0 aromatic carbocycles. The van der Waals surface area contributed by atoms with Gasteiger partial charge < -0.3 is 14.9 Å². The van der Waals surface area contributed by atoms with Crippen LogP contribution in [-0.4, -0.2) is 60.6 Å². The number of nitrogens with zero attached hydrogens (tertiary/aromatic N) is 2. The van der Waals surface area contributed by atoms with Gasteiger partial charge >= 0.3 is 5.97 Å². The van der Waals surface area contributed by atoms with E-state index < -0.39 is 11.4 Å². The Morgan fingerprint density at radius 2 is 1.95 bits per heavy atom. The molecule has 110 valence electrons. The van der Waals surface area contributed by atoms with Crippen LogP contribution in [0.15, 0.2) is 0 Å². The summed E-state index contributed by atoms with van der Waals surface area (Å²) < 4.78 is 0. The molecule has 4 nitrogen and oxygen atoms in total. The molecular weight excluding hydrogens is 240 g/mol. The average Bonchev–Trinajstić information content (AvgIpc) is 2.80. The molecule has 1 unspecified atom stereocenters. The molecule has 0 bridgehead atoms. The Bertz CT molecular complexity index is 322. The summed E-state index contributed by atoms with van der Waals surface area (Å²) in [5.74, 6) is 0.119. The number of aliphatic carboxylic acids is 1. The quantitative estimate of drug-likeness (QED) is 0.846. The van der Waals surface area contributed by atoms with Crippen molar-refractivity contribution in [2.45, 2.75) is 45.1 Å². The molecule has 1 atom stereocenters. The topological polar surface area (TPSA) is 43.8 Å². The SMILES string of the molecule is CC1CCC(CN2CCC(N(C)C)C2)(C(=O)O)CC1. The first-order valence-electron chi connectivity index (χ1n) is 7.55. The molecule has 1 aliphatic carbocycles. The molecule has 0 aromatic heterocycles. The van der Waals surface area contributed by atoms with Gasteiger partial charge in [0, 0.05) is 19.1 Å². The second-order valence-corrected chi connectivity index (χ2v) is 6.91. The molecule has 0 radical (unpaired) electrons. The molecular formula is C15H28N2O2. The first-order chi connectivity index (χ1) is 8.93. The van der Waals surface area contributed by atoms with Gasteiger partial charge in [0.1, 0.15) is 0 Å². The van der Waals surface area contributed by atoms with Crippen molar-refractivity contribution >= 4 is 5.97 Å². The van der Waals surface area contributed by atoms with E-state index in [4.69, 9.17) is 0 Å². The molecule has 1 aliphatic heterocycles. The van der Waals surface area contributed by atoms with E-state index >= 15 is 0 Å². The van der Waals surface area contributed by atoms with Gasteiger partial charge in [-0.1, -0.05) is 6.92 Å². The predicted molar refractivity (Wildman–Crippen MR) is 76.2 cm³/mol. The van der Waals surface area contributed by atoms with E-state index in [2.05, 4.69) is 30.8 Å². The zero-order valence-electron chi connectivity index (χ0n) is 12.6. The van der Waals surface area contributed by atoms with Crippen LogP contribution in [0.4, 0.5) is 0 Å². The minimum Gasteiger partial charge on any atom is -0.481 e. The van der Waals surface area contributed by atoms with Crippen LogP contribution in [0.2, 0.25) is 0 Å². The normalized spacial score (nSPS) is 36.8.